The molecule has 1 aromatic rings. The molecule has 6 nitrogen and oxygen atoms in total. The molecule has 1 saturated heterocycles. The van der Waals surface area contributed by atoms with Gasteiger partial charge >= 0.3 is 13.2 Å². The molecule has 162 valence electrons. The molecule has 1 heterocycles. The second-order valence-corrected chi connectivity index (χ2v) is 9.63. The van der Waals surface area contributed by atoms with Crippen molar-refractivity contribution in [2.45, 2.75) is 78.7 Å². The van der Waals surface area contributed by atoms with Crippen molar-refractivity contribution in [2.24, 2.45) is 0 Å². The second-order valence-electron chi connectivity index (χ2n) is 9.63. The monoisotopic (exact) mass is 404 g/mol. The summed E-state index contributed by atoms with van der Waals surface area (Å²) < 4.78 is 17.6. The first-order valence-electron chi connectivity index (χ1n) is 10.5. The quantitative estimate of drug-likeness (QED) is 0.707. The molecule has 1 aliphatic heterocycles. The van der Waals surface area contributed by atoms with Gasteiger partial charge < -0.3 is 19.4 Å². The van der Waals surface area contributed by atoms with Gasteiger partial charge in [0.15, 0.2) is 0 Å². The molecule has 1 aliphatic rings. The van der Waals surface area contributed by atoms with Crippen molar-refractivity contribution in [1.29, 1.82) is 0 Å². The maximum absolute atomic E-state index is 11.8. The Morgan fingerprint density at radius 3 is 2.34 bits per heavy atom. The van der Waals surface area contributed by atoms with Gasteiger partial charge in [-0.25, -0.2) is 4.79 Å². The summed E-state index contributed by atoms with van der Waals surface area (Å²) in [5, 5.41) is 2.82. The number of alkyl carbamates (subject to hydrolysis) is 1. The third-order valence-corrected chi connectivity index (χ3v) is 5.43. The number of nitrogens with zero attached hydrogens (tertiary/aromatic N) is 1. The number of benzene rings is 1. The van der Waals surface area contributed by atoms with Crippen LogP contribution in [0.1, 0.15) is 61.0 Å². The molecule has 0 radical (unpaired) electrons. The molecule has 7 heteroatoms. The minimum absolute atomic E-state index is 0.351. The van der Waals surface area contributed by atoms with E-state index >= 15 is 0 Å². The van der Waals surface area contributed by atoms with Crippen molar-refractivity contribution in [1.82, 2.24) is 10.2 Å². The lowest BCUT2D eigenvalue weighted by Crippen LogP contribution is -2.41. The maximum atomic E-state index is 11.8. The van der Waals surface area contributed by atoms with E-state index < -0.39 is 5.60 Å². The summed E-state index contributed by atoms with van der Waals surface area (Å²) in [6.07, 6.45) is -0.378. The number of nitrogens with one attached hydrogen (secondary N) is 1. The summed E-state index contributed by atoms with van der Waals surface area (Å²) >= 11 is 0. The summed E-state index contributed by atoms with van der Waals surface area (Å²) in [5.41, 5.74) is 1.04. The fraction of sp³-hybridized carbons (Fsp3) is 0.682. The van der Waals surface area contributed by atoms with E-state index in [2.05, 4.69) is 57.0 Å². The Balaban J connectivity index is 1.92. The number of likely N-dealkylation sites (N-methyl/N-ethyl adjacent to an activating group) is 1. The average molecular weight is 404 g/mol. The Morgan fingerprint density at radius 2 is 1.79 bits per heavy atom. The van der Waals surface area contributed by atoms with E-state index in [9.17, 15) is 4.79 Å². The highest BCUT2D eigenvalue weighted by molar-refractivity contribution is 6.62. The normalized spacial score (nSPS) is 18.2. The molecule has 1 amide bonds. The first-order chi connectivity index (χ1) is 13.3. The van der Waals surface area contributed by atoms with Gasteiger partial charge in [0.2, 0.25) is 0 Å². The predicted octanol–water partition coefficient (Wildman–Crippen LogP) is 3.33. The van der Waals surface area contributed by atoms with E-state index in [-0.39, 0.29) is 24.4 Å². The number of hydrogen-bond donors (Lipinski definition) is 1. The summed E-state index contributed by atoms with van der Waals surface area (Å²) in [6, 6.07) is 8.35. The number of hydrogen-bond acceptors (Lipinski definition) is 5. The minimum Gasteiger partial charge on any atom is -0.444 e. The molecule has 0 unspecified atom stereocenters. The Kier molecular flexibility index (Phi) is 7.41. The van der Waals surface area contributed by atoms with Gasteiger partial charge in [0.05, 0.1) is 11.2 Å². The molecule has 0 bridgehead atoms. The number of rotatable bonds is 7. The molecule has 0 atom stereocenters. The molecule has 0 aromatic heterocycles. The van der Waals surface area contributed by atoms with Crippen molar-refractivity contribution >= 4 is 18.7 Å². The highest BCUT2D eigenvalue weighted by Crippen LogP contribution is 2.36. The molecular formula is C22H37BN2O4. The van der Waals surface area contributed by atoms with Crippen LogP contribution >= 0.6 is 0 Å². The van der Waals surface area contributed by atoms with Gasteiger partial charge in [0.1, 0.15) is 5.60 Å². The third-order valence-electron chi connectivity index (χ3n) is 5.43. The largest absolute Gasteiger partial charge is 0.494 e. The first kappa shape index (κ1) is 23.7. The lowest BCUT2D eigenvalue weighted by atomic mass is 9.78. The highest BCUT2D eigenvalue weighted by Gasteiger charge is 2.51. The zero-order valence-electron chi connectivity index (χ0n) is 19.3. The van der Waals surface area contributed by atoms with Gasteiger partial charge in [-0.2, -0.15) is 0 Å². The van der Waals surface area contributed by atoms with E-state index in [1.807, 2.05) is 32.9 Å². The van der Waals surface area contributed by atoms with Crippen LogP contribution in [-0.2, 0) is 20.6 Å². The van der Waals surface area contributed by atoms with Crippen molar-refractivity contribution in [3.05, 3.63) is 29.8 Å². The van der Waals surface area contributed by atoms with Crippen LogP contribution in [0.15, 0.2) is 24.3 Å². The van der Waals surface area contributed by atoms with Crippen LogP contribution in [0.25, 0.3) is 0 Å². The fourth-order valence-electron chi connectivity index (χ4n) is 3.05. The molecule has 1 fully saturated rings. The van der Waals surface area contributed by atoms with Crippen LogP contribution < -0.4 is 10.8 Å². The van der Waals surface area contributed by atoms with Gasteiger partial charge in [-0.15, -0.1) is 0 Å². The Labute approximate surface area is 176 Å². The molecule has 1 aromatic carbocycles. The molecule has 0 aliphatic carbocycles. The van der Waals surface area contributed by atoms with E-state index in [1.54, 1.807) is 0 Å². The van der Waals surface area contributed by atoms with Crippen molar-refractivity contribution in [2.75, 3.05) is 19.6 Å². The standard InChI is InChI=1S/C22H37BN2O4/c1-9-25(14-13-24-19(26)27-20(2,3)4)16-17-11-10-12-18(15-17)23-28-21(5,6)22(7,8)29-23/h10-12,15H,9,13-14,16H2,1-8H3,(H,24,26). The topological polar surface area (TPSA) is 60.0 Å². The summed E-state index contributed by atoms with van der Waals surface area (Å²) in [6.45, 7) is 18.9. The van der Waals surface area contributed by atoms with Crippen LogP contribution in [0, 0.1) is 0 Å². The summed E-state index contributed by atoms with van der Waals surface area (Å²) in [4.78, 5) is 14.1. The molecule has 29 heavy (non-hydrogen) atoms. The van der Waals surface area contributed by atoms with Crippen molar-refractivity contribution in [3.63, 3.8) is 0 Å². The fourth-order valence-corrected chi connectivity index (χ4v) is 3.05. The number of carbonyl (C=O) groups is 1. The van der Waals surface area contributed by atoms with Crippen molar-refractivity contribution in [3.8, 4) is 0 Å². The van der Waals surface area contributed by atoms with Gasteiger partial charge in [0, 0.05) is 19.6 Å². The minimum atomic E-state index is -0.484. The van der Waals surface area contributed by atoms with Crippen LogP contribution in [0.5, 0.6) is 0 Å². The van der Waals surface area contributed by atoms with E-state index in [0.717, 1.165) is 25.1 Å². The van der Waals surface area contributed by atoms with E-state index in [4.69, 9.17) is 14.0 Å². The van der Waals surface area contributed by atoms with Gasteiger partial charge in [-0.3, -0.25) is 4.90 Å². The van der Waals surface area contributed by atoms with Gasteiger partial charge in [-0.1, -0.05) is 31.2 Å². The average Bonchev–Trinajstić information content (AvgIpc) is 2.80. The lowest BCUT2D eigenvalue weighted by molar-refractivity contribution is 0.00578. The molecule has 1 N–H and O–H groups in total. The van der Waals surface area contributed by atoms with Crippen LogP contribution in [-0.4, -0.2) is 54.5 Å². The van der Waals surface area contributed by atoms with Crippen LogP contribution in [0.2, 0.25) is 0 Å². The van der Waals surface area contributed by atoms with Gasteiger partial charge in [0.25, 0.3) is 0 Å². The Morgan fingerprint density at radius 1 is 1.17 bits per heavy atom. The highest BCUT2D eigenvalue weighted by atomic mass is 16.7. The summed E-state index contributed by atoms with van der Waals surface area (Å²) in [7, 11) is -0.358. The second kappa shape index (κ2) is 9.06. The Bertz CT molecular complexity index is 684. The number of ether oxygens (including phenoxy) is 1. The first-order valence-corrected chi connectivity index (χ1v) is 10.5. The molecule has 0 saturated carbocycles. The van der Waals surface area contributed by atoms with Crippen LogP contribution in [0.3, 0.4) is 0 Å². The number of carbonyl (C=O) groups excluding carboxylic acids is 1. The third kappa shape index (κ3) is 6.73. The van der Waals surface area contributed by atoms with Gasteiger partial charge in [-0.05, 0) is 66.0 Å². The molecular weight excluding hydrogens is 367 g/mol. The lowest BCUT2D eigenvalue weighted by Gasteiger charge is -2.32. The van der Waals surface area contributed by atoms with Crippen LogP contribution in [0.4, 0.5) is 4.79 Å². The zero-order valence-corrected chi connectivity index (χ0v) is 19.3. The molecule has 2 rings (SSSR count). The number of amides is 1. The smallest absolute Gasteiger partial charge is 0.444 e. The maximum Gasteiger partial charge on any atom is 0.494 e. The van der Waals surface area contributed by atoms with E-state index in [1.165, 1.54) is 5.56 Å². The Hall–Kier alpha value is -1.57. The molecule has 0 spiro atoms. The van der Waals surface area contributed by atoms with Crippen molar-refractivity contribution < 1.29 is 18.8 Å². The SMILES string of the molecule is CCN(CCNC(=O)OC(C)(C)C)Cc1cccc(B2OC(C)(C)C(C)(C)O2)c1. The zero-order chi connectivity index (χ0) is 21.9. The summed E-state index contributed by atoms with van der Waals surface area (Å²) in [5.74, 6) is 0. The predicted molar refractivity (Wildman–Crippen MR) is 117 cm³/mol. The van der Waals surface area contributed by atoms with E-state index in [0.29, 0.717) is 6.54 Å².